The topological polar surface area (TPSA) is 84.0 Å². The first-order chi connectivity index (χ1) is 6.75. The molecule has 1 aliphatic rings. The Morgan fingerprint density at radius 2 is 2.57 bits per heavy atom. The number of anilines is 1. The van der Waals surface area contributed by atoms with E-state index < -0.39 is 0 Å². The second-order valence-corrected chi connectivity index (χ2v) is 3.76. The van der Waals surface area contributed by atoms with Crippen LogP contribution in [0, 0.1) is 5.92 Å². The third-order valence-corrected chi connectivity index (χ3v) is 2.54. The molecule has 74 valence electrons. The largest absolute Gasteiger partial charge is 0.355 e. The highest BCUT2D eigenvalue weighted by Gasteiger charge is 2.28. The zero-order valence-corrected chi connectivity index (χ0v) is 8.00. The lowest BCUT2D eigenvalue weighted by molar-refractivity contribution is -0.123. The first-order valence-corrected chi connectivity index (χ1v) is 4.88. The maximum atomic E-state index is 11.5. The SMILES string of the molecule is O=C1CC(C(=O)Nc2cnns2)CN1. The number of carbonyl (C=O) groups excluding carboxylic acids is 2. The van der Waals surface area contributed by atoms with Crippen LogP contribution in [0.25, 0.3) is 0 Å². The molecule has 1 atom stereocenters. The van der Waals surface area contributed by atoms with E-state index in [1.165, 1.54) is 6.20 Å². The predicted molar refractivity (Wildman–Crippen MR) is 49.7 cm³/mol. The van der Waals surface area contributed by atoms with Gasteiger partial charge in [-0.05, 0) is 0 Å². The molecule has 0 bridgehead atoms. The minimum atomic E-state index is -0.274. The van der Waals surface area contributed by atoms with Crippen molar-refractivity contribution in [3.63, 3.8) is 0 Å². The van der Waals surface area contributed by atoms with Crippen LogP contribution in [0.3, 0.4) is 0 Å². The molecule has 0 aliphatic carbocycles. The highest BCUT2D eigenvalue weighted by molar-refractivity contribution is 7.10. The van der Waals surface area contributed by atoms with E-state index in [1.54, 1.807) is 0 Å². The van der Waals surface area contributed by atoms with Crippen molar-refractivity contribution in [3.8, 4) is 0 Å². The molecule has 2 N–H and O–H groups in total. The summed E-state index contributed by atoms with van der Waals surface area (Å²) in [5.41, 5.74) is 0. The summed E-state index contributed by atoms with van der Waals surface area (Å²) in [5, 5.41) is 9.44. The lowest BCUT2D eigenvalue weighted by Gasteiger charge is -2.05. The van der Waals surface area contributed by atoms with Crippen molar-refractivity contribution in [3.05, 3.63) is 6.20 Å². The van der Waals surface area contributed by atoms with E-state index in [0.29, 0.717) is 11.5 Å². The van der Waals surface area contributed by atoms with Gasteiger partial charge >= 0.3 is 0 Å². The van der Waals surface area contributed by atoms with E-state index in [2.05, 4.69) is 20.2 Å². The molecule has 0 aromatic carbocycles. The number of nitrogens with one attached hydrogen (secondary N) is 2. The fraction of sp³-hybridized carbons (Fsp3) is 0.429. The summed E-state index contributed by atoms with van der Waals surface area (Å²) in [4.78, 5) is 22.4. The Bertz CT molecular complexity index is 351. The molecule has 2 heterocycles. The van der Waals surface area contributed by atoms with Crippen molar-refractivity contribution in [1.82, 2.24) is 14.9 Å². The average molecular weight is 212 g/mol. The molecule has 14 heavy (non-hydrogen) atoms. The Hall–Kier alpha value is -1.50. The lowest BCUT2D eigenvalue weighted by Crippen LogP contribution is -2.24. The van der Waals surface area contributed by atoms with E-state index in [9.17, 15) is 9.59 Å². The Labute approximate surface area is 83.9 Å². The van der Waals surface area contributed by atoms with Gasteiger partial charge < -0.3 is 10.6 Å². The summed E-state index contributed by atoms with van der Waals surface area (Å²) in [6.45, 7) is 0.414. The third-order valence-electron chi connectivity index (χ3n) is 1.96. The summed E-state index contributed by atoms with van der Waals surface area (Å²) < 4.78 is 3.61. The van der Waals surface area contributed by atoms with Gasteiger partial charge in [-0.2, -0.15) is 0 Å². The molecule has 2 rings (SSSR count). The van der Waals surface area contributed by atoms with Crippen LogP contribution in [-0.2, 0) is 9.59 Å². The monoisotopic (exact) mass is 212 g/mol. The van der Waals surface area contributed by atoms with Gasteiger partial charge in [-0.3, -0.25) is 9.59 Å². The van der Waals surface area contributed by atoms with Crippen molar-refractivity contribution in [1.29, 1.82) is 0 Å². The van der Waals surface area contributed by atoms with Crippen LogP contribution in [0.5, 0.6) is 0 Å². The van der Waals surface area contributed by atoms with Crippen LogP contribution in [0.4, 0.5) is 5.00 Å². The molecule has 6 nitrogen and oxygen atoms in total. The fourth-order valence-electron chi connectivity index (χ4n) is 1.24. The zero-order valence-electron chi connectivity index (χ0n) is 7.19. The van der Waals surface area contributed by atoms with Gasteiger partial charge in [0.05, 0.1) is 12.1 Å². The van der Waals surface area contributed by atoms with Crippen LogP contribution in [0.15, 0.2) is 6.20 Å². The molecular weight excluding hydrogens is 204 g/mol. The highest BCUT2D eigenvalue weighted by Crippen LogP contribution is 2.14. The van der Waals surface area contributed by atoms with Gasteiger partial charge in [-0.25, -0.2) is 0 Å². The maximum absolute atomic E-state index is 11.5. The van der Waals surface area contributed by atoms with Gasteiger partial charge in [-0.15, -0.1) is 5.10 Å². The normalized spacial score (nSPS) is 20.6. The molecule has 1 fully saturated rings. The van der Waals surface area contributed by atoms with Gasteiger partial charge in [0.2, 0.25) is 11.8 Å². The molecule has 0 spiro atoms. The summed E-state index contributed by atoms with van der Waals surface area (Å²) in [5.74, 6) is -0.508. The molecule has 2 amide bonds. The quantitative estimate of drug-likeness (QED) is 0.699. The number of aromatic nitrogens is 2. The van der Waals surface area contributed by atoms with E-state index >= 15 is 0 Å². The number of hydrogen-bond donors (Lipinski definition) is 2. The molecule has 1 aliphatic heterocycles. The fourth-order valence-corrected chi connectivity index (χ4v) is 1.66. The van der Waals surface area contributed by atoms with Crippen molar-refractivity contribution >= 4 is 28.3 Å². The summed E-state index contributed by atoms with van der Waals surface area (Å²) in [7, 11) is 0. The summed E-state index contributed by atoms with van der Waals surface area (Å²) in [6, 6.07) is 0. The number of nitrogens with zero attached hydrogens (tertiary/aromatic N) is 2. The molecule has 1 unspecified atom stereocenters. The van der Waals surface area contributed by atoms with Gasteiger partial charge in [-0.1, -0.05) is 4.49 Å². The second-order valence-electron chi connectivity index (χ2n) is 2.98. The van der Waals surface area contributed by atoms with Gasteiger partial charge in [0.15, 0.2) is 0 Å². The van der Waals surface area contributed by atoms with Crippen LogP contribution >= 0.6 is 11.5 Å². The van der Waals surface area contributed by atoms with Gasteiger partial charge in [0.1, 0.15) is 5.00 Å². The summed E-state index contributed by atoms with van der Waals surface area (Å²) >= 11 is 1.11. The third kappa shape index (κ3) is 1.87. The number of rotatable bonds is 2. The highest BCUT2D eigenvalue weighted by atomic mass is 32.1. The Morgan fingerprint density at radius 3 is 3.14 bits per heavy atom. The van der Waals surface area contributed by atoms with Crippen molar-refractivity contribution in [2.45, 2.75) is 6.42 Å². The average Bonchev–Trinajstić information content (AvgIpc) is 2.75. The number of hydrogen-bond acceptors (Lipinski definition) is 5. The number of carbonyl (C=O) groups is 2. The molecule has 1 aromatic rings. The standard InChI is InChI=1S/C7H8N4O2S/c12-5-1-4(2-8-5)7(13)10-6-3-9-11-14-6/h3-4H,1-2H2,(H,8,12)(H,10,13). The van der Waals surface area contributed by atoms with Crippen molar-refractivity contribution < 1.29 is 9.59 Å². The molecule has 0 radical (unpaired) electrons. The van der Waals surface area contributed by atoms with Crippen LogP contribution in [-0.4, -0.2) is 27.9 Å². The van der Waals surface area contributed by atoms with Crippen LogP contribution < -0.4 is 10.6 Å². The molecule has 7 heteroatoms. The second kappa shape index (κ2) is 3.70. The predicted octanol–water partition coefficient (Wildman–Crippen LogP) is -0.387. The lowest BCUT2D eigenvalue weighted by atomic mass is 10.1. The number of amides is 2. The molecule has 0 saturated carbocycles. The van der Waals surface area contributed by atoms with Crippen LogP contribution in [0.2, 0.25) is 0 Å². The molecule has 1 saturated heterocycles. The smallest absolute Gasteiger partial charge is 0.230 e. The Balaban J connectivity index is 1.93. The van der Waals surface area contributed by atoms with Gasteiger partial charge in [0, 0.05) is 24.5 Å². The van der Waals surface area contributed by atoms with Crippen molar-refractivity contribution in [2.75, 3.05) is 11.9 Å². The maximum Gasteiger partial charge on any atom is 0.230 e. The molecular formula is C7H8N4O2S. The Kier molecular flexibility index (Phi) is 2.40. The molecule has 1 aromatic heterocycles. The van der Waals surface area contributed by atoms with E-state index in [1.807, 2.05) is 0 Å². The van der Waals surface area contributed by atoms with E-state index in [0.717, 1.165) is 11.5 Å². The Morgan fingerprint density at radius 1 is 1.71 bits per heavy atom. The van der Waals surface area contributed by atoms with Crippen LogP contribution in [0.1, 0.15) is 6.42 Å². The zero-order chi connectivity index (χ0) is 9.97. The van der Waals surface area contributed by atoms with Gasteiger partial charge in [0.25, 0.3) is 0 Å². The summed E-state index contributed by atoms with van der Waals surface area (Å²) in [6.07, 6.45) is 1.74. The van der Waals surface area contributed by atoms with E-state index in [-0.39, 0.29) is 24.2 Å². The first kappa shape index (κ1) is 9.07. The first-order valence-electron chi connectivity index (χ1n) is 4.10. The van der Waals surface area contributed by atoms with Crippen molar-refractivity contribution in [2.24, 2.45) is 5.92 Å². The minimum Gasteiger partial charge on any atom is -0.355 e. The van der Waals surface area contributed by atoms with E-state index in [4.69, 9.17) is 0 Å². The minimum absolute atomic E-state index is 0.0763.